The molecule has 2 atom stereocenters. The lowest BCUT2D eigenvalue weighted by Crippen LogP contribution is -2.27. The normalized spacial score (nSPS) is 23.4. The Kier molecular flexibility index (Phi) is 5.84. The van der Waals surface area contributed by atoms with E-state index in [1.807, 2.05) is 12.1 Å². The summed E-state index contributed by atoms with van der Waals surface area (Å²) < 4.78 is 19.7. The molecule has 3 heteroatoms. The van der Waals surface area contributed by atoms with Crippen molar-refractivity contribution in [3.05, 3.63) is 29.6 Å². The van der Waals surface area contributed by atoms with Crippen LogP contribution in [0.3, 0.4) is 0 Å². The maximum absolute atomic E-state index is 14.5. The highest BCUT2D eigenvalue weighted by atomic mass is 19.1. The van der Waals surface area contributed by atoms with Crippen molar-refractivity contribution in [3.8, 4) is 5.75 Å². The van der Waals surface area contributed by atoms with Gasteiger partial charge >= 0.3 is 0 Å². The van der Waals surface area contributed by atoms with Gasteiger partial charge in [0.2, 0.25) is 0 Å². The van der Waals surface area contributed by atoms with Crippen LogP contribution in [0.15, 0.2) is 18.2 Å². The van der Waals surface area contributed by atoms with E-state index in [4.69, 9.17) is 4.74 Å². The zero-order chi connectivity index (χ0) is 14.4. The number of rotatable bonds is 5. The number of methoxy groups -OCH3 is 1. The van der Waals surface area contributed by atoms with E-state index in [0.29, 0.717) is 17.6 Å². The van der Waals surface area contributed by atoms with Gasteiger partial charge < -0.3 is 10.1 Å². The summed E-state index contributed by atoms with van der Waals surface area (Å²) in [6.07, 6.45) is 6.00. The fourth-order valence-corrected chi connectivity index (χ4v) is 3.34. The van der Waals surface area contributed by atoms with E-state index in [-0.39, 0.29) is 5.82 Å². The van der Waals surface area contributed by atoms with Gasteiger partial charge in [-0.2, -0.15) is 0 Å². The predicted octanol–water partition coefficient (Wildman–Crippen LogP) is 4.11. The highest BCUT2D eigenvalue weighted by molar-refractivity contribution is 5.33. The molecule has 0 saturated heterocycles. The van der Waals surface area contributed by atoms with Crippen LogP contribution in [-0.4, -0.2) is 20.2 Å². The fraction of sp³-hybridized carbons (Fsp3) is 0.647. The average molecular weight is 279 g/mol. The van der Waals surface area contributed by atoms with E-state index >= 15 is 0 Å². The van der Waals surface area contributed by atoms with Crippen LogP contribution >= 0.6 is 0 Å². The highest BCUT2D eigenvalue weighted by Crippen LogP contribution is 2.39. The smallest absolute Gasteiger partial charge is 0.168 e. The quantitative estimate of drug-likeness (QED) is 0.819. The second-order valence-corrected chi connectivity index (χ2v) is 5.68. The van der Waals surface area contributed by atoms with Crippen molar-refractivity contribution in [3.63, 3.8) is 0 Å². The molecule has 20 heavy (non-hydrogen) atoms. The van der Waals surface area contributed by atoms with E-state index in [2.05, 4.69) is 12.2 Å². The number of hydrogen-bond donors (Lipinski definition) is 1. The predicted molar refractivity (Wildman–Crippen MR) is 80.8 cm³/mol. The van der Waals surface area contributed by atoms with Gasteiger partial charge in [-0.1, -0.05) is 38.3 Å². The largest absolute Gasteiger partial charge is 0.494 e. The van der Waals surface area contributed by atoms with Crippen LogP contribution in [0.2, 0.25) is 0 Å². The third-order valence-corrected chi connectivity index (χ3v) is 4.43. The lowest BCUT2D eigenvalue weighted by atomic mass is 9.82. The standard InChI is InChI=1S/C17H26FNO/c1-3-19-12-13-8-5-4-6-9-14(13)15-10-7-11-16(20-2)17(15)18/h7,10-11,13-14,19H,3-6,8-9,12H2,1-2H3. The summed E-state index contributed by atoms with van der Waals surface area (Å²) in [6.45, 7) is 4.08. The monoisotopic (exact) mass is 279 g/mol. The molecular weight excluding hydrogens is 253 g/mol. The van der Waals surface area contributed by atoms with Gasteiger partial charge in [0.15, 0.2) is 11.6 Å². The van der Waals surface area contributed by atoms with Gasteiger partial charge in [-0.25, -0.2) is 4.39 Å². The molecule has 0 radical (unpaired) electrons. The lowest BCUT2D eigenvalue weighted by molar-refractivity contribution is 0.353. The maximum atomic E-state index is 14.5. The first-order valence-corrected chi connectivity index (χ1v) is 7.81. The second-order valence-electron chi connectivity index (χ2n) is 5.68. The van der Waals surface area contributed by atoms with E-state index < -0.39 is 0 Å². The van der Waals surface area contributed by atoms with E-state index in [1.54, 1.807) is 6.07 Å². The molecule has 0 bridgehead atoms. The van der Waals surface area contributed by atoms with Gasteiger partial charge in [-0.05, 0) is 49.4 Å². The molecule has 1 fully saturated rings. The average Bonchev–Trinajstić information content (AvgIpc) is 2.70. The van der Waals surface area contributed by atoms with Crippen LogP contribution in [-0.2, 0) is 0 Å². The third-order valence-electron chi connectivity index (χ3n) is 4.43. The first-order valence-electron chi connectivity index (χ1n) is 7.81. The maximum Gasteiger partial charge on any atom is 0.168 e. The minimum Gasteiger partial charge on any atom is -0.494 e. The van der Waals surface area contributed by atoms with Crippen molar-refractivity contribution in [1.29, 1.82) is 0 Å². The van der Waals surface area contributed by atoms with Crippen LogP contribution in [0.25, 0.3) is 0 Å². The van der Waals surface area contributed by atoms with Crippen molar-refractivity contribution in [2.45, 2.75) is 44.9 Å². The Bertz CT molecular complexity index is 421. The summed E-state index contributed by atoms with van der Waals surface area (Å²) in [7, 11) is 1.53. The van der Waals surface area contributed by atoms with Crippen LogP contribution in [0, 0.1) is 11.7 Å². The van der Waals surface area contributed by atoms with Gasteiger partial charge in [0, 0.05) is 0 Å². The summed E-state index contributed by atoms with van der Waals surface area (Å²) in [5.74, 6) is 1.04. The summed E-state index contributed by atoms with van der Waals surface area (Å²) in [5, 5.41) is 3.44. The van der Waals surface area contributed by atoms with Gasteiger partial charge in [0.05, 0.1) is 7.11 Å². The van der Waals surface area contributed by atoms with E-state index in [1.165, 1.54) is 32.8 Å². The van der Waals surface area contributed by atoms with Gasteiger partial charge in [-0.3, -0.25) is 0 Å². The van der Waals surface area contributed by atoms with Crippen molar-refractivity contribution in [1.82, 2.24) is 5.32 Å². The molecule has 0 aliphatic heterocycles. The third kappa shape index (κ3) is 3.51. The molecule has 2 unspecified atom stereocenters. The van der Waals surface area contributed by atoms with E-state index in [9.17, 15) is 4.39 Å². The Balaban J connectivity index is 2.25. The Hall–Kier alpha value is -1.09. The molecule has 0 spiro atoms. The van der Waals surface area contributed by atoms with Crippen molar-refractivity contribution in [2.75, 3.05) is 20.2 Å². The summed E-state index contributed by atoms with van der Waals surface area (Å²) in [4.78, 5) is 0. The number of ether oxygens (including phenoxy) is 1. The molecule has 1 aromatic carbocycles. The lowest BCUT2D eigenvalue weighted by Gasteiger charge is -2.26. The van der Waals surface area contributed by atoms with E-state index in [0.717, 1.165) is 25.1 Å². The second kappa shape index (κ2) is 7.63. The SMILES string of the molecule is CCNCC1CCCCCC1c1cccc(OC)c1F. The first kappa shape index (κ1) is 15.3. The molecule has 0 aromatic heterocycles. The van der Waals surface area contributed by atoms with Crippen LogP contribution in [0.4, 0.5) is 4.39 Å². The minimum atomic E-state index is -0.164. The van der Waals surface area contributed by atoms with Gasteiger partial charge in [0.25, 0.3) is 0 Å². The number of halogens is 1. The fourth-order valence-electron chi connectivity index (χ4n) is 3.34. The van der Waals surface area contributed by atoms with Crippen LogP contribution in [0.1, 0.15) is 50.5 Å². The van der Waals surface area contributed by atoms with Crippen LogP contribution < -0.4 is 10.1 Å². The summed E-state index contributed by atoms with van der Waals surface area (Å²) >= 11 is 0. The zero-order valence-electron chi connectivity index (χ0n) is 12.6. The molecule has 1 aromatic rings. The van der Waals surface area contributed by atoms with Crippen molar-refractivity contribution < 1.29 is 9.13 Å². The molecule has 0 amide bonds. The molecule has 1 saturated carbocycles. The Morgan fingerprint density at radius 3 is 2.80 bits per heavy atom. The summed E-state index contributed by atoms with van der Waals surface area (Å²) in [6, 6.07) is 5.55. The number of nitrogens with one attached hydrogen (secondary N) is 1. The van der Waals surface area contributed by atoms with Crippen molar-refractivity contribution >= 4 is 0 Å². The molecule has 1 aliphatic rings. The van der Waals surface area contributed by atoms with Gasteiger partial charge in [0.1, 0.15) is 0 Å². The Morgan fingerprint density at radius 2 is 2.05 bits per heavy atom. The molecule has 2 nitrogen and oxygen atoms in total. The highest BCUT2D eigenvalue weighted by Gasteiger charge is 2.27. The topological polar surface area (TPSA) is 21.3 Å². The molecule has 0 heterocycles. The molecule has 1 aliphatic carbocycles. The van der Waals surface area contributed by atoms with Crippen LogP contribution in [0.5, 0.6) is 5.75 Å². The molecule has 1 N–H and O–H groups in total. The Morgan fingerprint density at radius 1 is 1.25 bits per heavy atom. The number of benzene rings is 1. The minimum absolute atomic E-state index is 0.164. The molecular formula is C17H26FNO. The molecule has 2 rings (SSSR count). The number of hydrogen-bond acceptors (Lipinski definition) is 2. The first-order chi connectivity index (χ1) is 9.77. The van der Waals surface area contributed by atoms with Gasteiger partial charge in [-0.15, -0.1) is 0 Å². The zero-order valence-corrected chi connectivity index (χ0v) is 12.6. The summed E-state index contributed by atoms with van der Waals surface area (Å²) in [5.41, 5.74) is 0.842. The Labute approximate surface area is 121 Å². The molecule has 112 valence electrons. The van der Waals surface area contributed by atoms with Crippen molar-refractivity contribution in [2.24, 2.45) is 5.92 Å².